The predicted octanol–water partition coefficient (Wildman–Crippen LogP) is 3.98. The molecule has 5 heteroatoms. The van der Waals surface area contributed by atoms with Crippen LogP contribution in [0.4, 0.5) is 5.82 Å². The molecule has 4 rings (SSSR count). The molecule has 27 heavy (non-hydrogen) atoms. The molecule has 0 saturated heterocycles. The smallest absolute Gasteiger partial charge is 0.198 e. The van der Waals surface area contributed by atoms with E-state index in [9.17, 15) is 9.59 Å². The average molecular weight is 359 g/mol. The Balaban J connectivity index is 1.68. The molecule has 1 aliphatic rings. The minimum absolute atomic E-state index is 0.144. The van der Waals surface area contributed by atoms with Crippen LogP contribution >= 0.6 is 0 Å². The van der Waals surface area contributed by atoms with E-state index in [4.69, 9.17) is 5.73 Å². The van der Waals surface area contributed by atoms with Gasteiger partial charge in [0, 0.05) is 17.5 Å². The molecule has 1 aromatic heterocycles. The maximum atomic E-state index is 12.7. The lowest BCUT2D eigenvalue weighted by atomic mass is 10.0. The van der Waals surface area contributed by atoms with Crippen molar-refractivity contribution in [3.63, 3.8) is 0 Å². The van der Waals surface area contributed by atoms with E-state index in [-0.39, 0.29) is 17.4 Å². The van der Waals surface area contributed by atoms with E-state index in [1.54, 1.807) is 16.8 Å². The van der Waals surface area contributed by atoms with Crippen molar-refractivity contribution in [2.75, 3.05) is 5.73 Å². The Kier molecular flexibility index (Phi) is 4.36. The van der Waals surface area contributed by atoms with Gasteiger partial charge in [0.2, 0.25) is 0 Å². The number of nitrogens with two attached hydrogens (primary N) is 1. The molecule has 0 radical (unpaired) electrons. The van der Waals surface area contributed by atoms with Crippen molar-refractivity contribution in [1.29, 1.82) is 0 Å². The zero-order chi connectivity index (χ0) is 19.0. The van der Waals surface area contributed by atoms with E-state index in [1.165, 1.54) is 6.20 Å². The average Bonchev–Trinajstić information content (AvgIpc) is 3.42. The number of carbonyl (C=O) groups excluding carboxylic acids is 2. The van der Waals surface area contributed by atoms with Gasteiger partial charge in [-0.15, -0.1) is 0 Å². The molecule has 0 bridgehead atoms. The van der Waals surface area contributed by atoms with Gasteiger partial charge in [-0.1, -0.05) is 42.5 Å². The van der Waals surface area contributed by atoms with Crippen LogP contribution in [0.5, 0.6) is 0 Å². The van der Waals surface area contributed by atoms with Gasteiger partial charge in [0.15, 0.2) is 11.6 Å². The summed E-state index contributed by atoms with van der Waals surface area (Å²) in [5.41, 5.74) is 9.50. The fourth-order valence-corrected chi connectivity index (χ4v) is 3.18. The number of anilines is 1. The highest BCUT2D eigenvalue weighted by Gasteiger charge is 2.25. The molecule has 3 aromatic rings. The lowest BCUT2D eigenvalue weighted by Gasteiger charge is -2.11. The number of hydrogen-bond acceptors (Lipinski definition) is 4. The van der Waals surface area contributed by atoms with Gasteiger partial charge in [-0.3, -0.25) is 9.59 Å². The first-order valence-electron chi connectivity index (χ1n) is 9.12. The minimum atomic E-state index is -0.169. The Morgan fingerprint density at radius 1 is 1.11 bits per heavy atom. The summed E-state index contributed by atoms with van der Waals surface area (Å²) in [6.45, 7) is 1.93. The maximum absolute atomic E-state index is 12.7. The molecule has 0 atom stereocenters. The maximum Gasteiger partial charge on any atom is 0.198 e. The second-order valence-corrected chi connectivity index (χ2v) is 7.12. The highest BCUT2D eigenvalue weighted by molar-refractivity contribution is 6.11. The SMILES string of the molecule is Cc1ccc(C(=O)CC2CC2)cc1-n1ncc(C(=O)c2ccccc2)c1N. The third-order valence-corrected chi connectivity index (χ3v) is 5.02. The van der Waals surface area contributed by atoms with Gasteiger partial charge in [-0.25, -0.2) is 4.68 Å². The van der Waals surface area contributed by atoms with Crippen LogP contribution < -0.4 is 5.73 Å². The van der Waals surface area contributed by atoms with E-state index >= 15 is 0 Å². The molecule has 0 aliphatic heterocycles. The van der Waals surface area contributed by atoms with Crippen molar-refractivity contribution < 1.29 is 9.59 Å². The van der Waals surface area contributed by atoms with Crippen LogP contribution in [0.1, 0.15) is 51.1 Å². The summed E-state index contributed by atoms with van der Waals surface area (Å²) in [6, 6.07) is 14.6. The first kappa shape index (κ1) is 17.2. The molecule has 2 aromatic carbocycles. The van der Waals surface area contributed by atoms with Crippen LogP contribution in [0.3, 0.4) is 0 Å². The van der Waals surface area contributed by atoms with Crippen LogP contribution in [0.15, 0.2) is 54.7 Å². The fourth-order valence-electron chi connectivity index (χ4n) is 3.18. The van der Waals surface area contributed by atoms with Crippen LogP contribution in [-0.4, -0.2) is 21.3 Å². The number of Topliss-reactive ketones (excluding diaryl/α,β-unsaturated/α-hetero) is 1. The van der Waals surface area contributed by atoms with E-state index < -0.39 is 0 Å². The van der Waals surface area contributed by atoms with Crippen molar-refractivity contribution in [1.82, 2.24) is 9.78 Å². The Morgan fingerprint density at radius 3 is 2.56 bits per heavy atom. The summed E-state index contributed by atoms with van der Waals surface area (Å²) in [6.07, 6.45) is 4.36. The number of carbonyl (C=O) groups is 2. The molecule has 1 saturated carbocycles. The van der Waals surface area contributed by atoms with Gasteiger partial charge in [0.05, 0.1) is 17.4 Å². The molecule has 1 aliphatic carbocycles. The molecular formula is C22H21N3O2. The second kappa shape index (κ2) is 6.83. The van der Waals surface area contributed by atoms with Gasteiger partial charge >= 0.3 is 0 Å². The topological polar surface area (TPSA) is 78.0 Å². The fraction of sp³-hybridized carbons (Fsp3) is 0.227. The Hall–Kier alpha value is -3.21. The molecule has 0 amide bonds. The van der Waals surface area contributed by atoms with Gasteiger partial charge in [-0.05, 0) is 37.3 Å². The van der Waals surface area contributed by atoms with Crippen molar-refractivity contribution in [3.8, 4) is 5.69 Å². The minimum Gasteiger partial charge on any atom is -0.383 e. The van der Waals surface area contributed by atoms with Crippen LogP contribution in [0, 0.1) is 12.8 Å². The molecule has 136 valence electrons. The number of rotatable bonds is 6. The zero-order valence-corrected chi connectivity index (χ0v) is 15.2. The highest BCUT2D eigenvalue weighted by atomic mass is 16.1. The molecule has 2 N–H and O–H groups in total. The number of benzene rings is 2. The van der Waals surface area contributed by atoms with E-state index in [1.807, 2.05) is 43.3 Å². The van der Waals surface area contributed by atoms with Crippen LogP contribution in [0.25, 0.3) is 5.69 Å². The van der Waals surface area contributed by atoms with Crippen molar-refractivity contribution in [3.05, 3.63) is 77.0 Å². The monoisotopic (exact) mass is 359 g/mol. The van der Waals surface area contributed by atoms with E-state index in [2.05, 4.69) is 5.10 Å². The Bertz CT molecular complexity index is 1020. The zero-order valence-electron chi connectivity index (χ0n) is 15.2. The first-order chi connectivity index (χ1) is 13.0. The standard InChI is InChI=1S/C22H21N3O2/c1-14-7-10-17(20(26)11-15-8-9-15)12-19(14)25-22(23)18(13-24-25)21(27)16-5-3-2-4-6-16/h2-7,10,12-13,15H,8-9,11,23H2,1H3. The highest BCUT2D eigenvalue weighted by Crippen LogP contribution is 2.34. The molecule has 0 spiro atoms. The van der Waals surface area contributed by atoms with Crippen molar-refractivity contribution in [2.24, 2.45) is 5.92 Å². The summed E-state index contributed by atoms with van der Waals surface area (Å²) in [4.78, 5) is 25.2. The number of hydrogen-bond donors (Lipinski definition) is 1. The van der Waals surface area contributed by atoms with E-state index in [0.717, 1.165) is 24.1 Å². The third-order valence-electron chi connectivity index (χ3n) is 5.02. The second-order valence-electron chi connectivity index (χ2n) is 7.12. The molecule has 0 unspecified atom stereocenters. The van der Waals surface area contributed by atoms with Crippen LogP contribution in [0.2, 0.25) is 0 Å². The number of nitrogen functional groups attached to an aromatic ring is 1. The van der Waals surface area contributed by atoms with Crippen LogP contribution in [-0.2, 0) is 0 Å². The van der Waals surface area contributed by atoms with Gasteiger partial charge in [-0.2, -0.15) is 5.10 Å². The van der Waals surface area contributed by atoms with Crippen molar-refractivity contribution in [2.45, 2.75) is 26.2 Å². The predicted molar refractivity (Wildman–Crippen MR) is 104 cm³/mol. The first-order valence-corrected chi connectivity index (χ1v) is 9.12. The summed E-state index contributed by atoms with van der Waals surface area (Å²) in [5.74, 6) is 0.786. The molecule has 1 fully saturated rings. The van der Waals surface area contributed by atoms with Crippen molar-refractivity contribution >= 4 is 17.4 Å². The van der Waals surface area contributed by atoms with E-state index in [0.29, 0.717) is 29.0 Å². The number of ketones is 2. The number of nitrogens with zero attached hydrogens (tertiary/aromatic N) is 2. The summed E-state index contributed by atoms with van der Waals surface area (Å²) in [7, 11) is 0. The Morgan fingerprint density at radius 2 is 1.85 bits per heavy atom. The van der Waals surface area contributed by atoms with Gasteiger partial charge in [0.1, 0.15) is 5.82 Å². The normalized spacial score (nSPS) is 13.5. The Labute approximate surface area is 157 Å². The third kappa shape index (κ3) is 3.40. The number of aromatic nitrogens is 2. The van der Waals surface area contributed by atoms with Gasteiger partial charge < -0.3 is 5.73 Å². The molecule has 5 nitrogen and oxygen atoms in total. The molecular weight excluding hydrogens is 338 g/mol. The lowest BCUT2D eigenvalue weighted by molar-refractivity contribution is 0.0975. The van der Waals surface area contributed by atoms with Gasteiger partial charge in [0.25, 0.3) is 0 Å². The summed E-state index contributed by atoms with van der Waals surface area (Å²) in [5, 5.41) is 4.33. The largest absolute Gasteiger partial charge is 0.383 e. The summed E-state index contributed by atoms with van der Waals surface area (Å²) < 4.78 is 1.54. The molecule has 1 heterocycles. The lowest BCUT2D eigenvalue weighted by Crippen LogP contribution is -2.09. The quantitative estimate of drug-likeness (QED) is 0.675. The number of aryl methyl sites for hydroxylation is 1. The summed E-state index contributed by atoms with van der Waals surface area (Å²) >= 11 is 0.